The average Bonchev–Trinajstić information content (AvgIpc) is 3.69. The van der Waals surface area contributed by atoms with Gasteiger partial charge in [-0.3, -0.25) is 0 Å². The smallest absolute Gasteiger partial charge is 0.445 e. The Morgan fingerprint density at radius 2 is 1.29 bits per heavy atom. The Morgan fingerprint density at radius 1 is 0.750 bits per heavy atom. The minimum Gasteiger partial charge on any atom is -0.445 e. The summed E-state index contributed by atoms with van der Waals surface area (Å²) < 4.78 is 242. The van der Waals surface area contributed by atoms with Gasteiger partial charge >= 0.3 is 53.7 Å². The molecule has 0 saturated heterocycles. The Labute approximate surface area is 312 Å². The average molecular weight is 871 g/mol. The Morgan fingerprint density at radius 3 is 1.82 bits per heavy atom. The maximum absolute atomic E-state index is 14.4. The molecule has 4 rings (SSSR count). The number of alkyl carbamates (subject to hydrolysis) is 1. The van der Waals surface area contributed by atoms with E-state index in [0.29, 0.717) is 25.7 Å². The molecule has 7 unspecified atom stereocenters. The van der Waals surface area contributed by atoms with Crippen LogP contribution in [0.25, 0.3) is 0 Å². The molecule has 0 heterocycles. The number of halogens is 18. The van der Waals surface area contributed by atoms with Crippen molar-refractivity contribution < 1.29 is 93.7 Å². The number of alkyl halides is 18. The molecule has 0 aromatic heterocycles. The summed E-state index contributed by atoms with van der Waals surface area (Å²) in [7, 11) is 0. The van der Waals surface area contributed by atoms with Crippen molar-refractivity contribution in [2.24, 2.45) is 39.5 Å². The molecular formula is C32H36ClF17N2O4. The van der Waals surface area contributed by atoms with Crippen LogP contribution in [0.2, 0.25) is 0 Å². The summed E-state index contributed by atoms with van der Waals surface area (Å²) in [5, 5.41) is 2.03. The number of ether oxygens (including phenoxy) is 2. The molecule has 1 amide bonds. The monoisotopic (exact) mass is 870 g/mol. The van der Waals surface area contributed by atoms with Crippen LogP contribution in [0.5, 0.6) is 0 Å². The number of aliphatic imine (C=N–C) groups is 1. The number of carbonyl (C=O) groups is 1. The second-order valence-electron chi connectivity index (χ2n) is 16.4. The highest BCUT2D eigenvalue weighted by molar-refractivity contribution is 6.21. The van der Waals surface area contributed by atoms with Crippen LogP contribution < -0.4 is 5.32 Å². The van der Waals surface area contributed by atoms with Crippen molar-refractivity contribution in [3.05, 3.63) is 0 Å². The van der Waals surface area contributed by atoms with Crippen molar-refractivity contribution >= 4 is 23.8 Å². The number of hydrogen-bond donors (Lipinski definition) is 1. The van der Waals surface area contributed by atoms with Crippen molar-refractivity contribution in [3.8, 4) is 0 Å². The summed E-state index contributed by atoms with van der Waals surface area (Å²) in [6.07, 6.45) is -9.60. The summed E-state index contributed by atoms with van der Waals surface area (Å²) in [4.78, 5) is 27.3. The van der Waals surface area contributed by atoms with Crippen molar-refractivity contribution in [2.45, 2.75) is 137 Å². The Bertz CT molecular complexity index is 1520. The van der Waals surface area contributed by atoms with E-state index in [-0.39, 0.29) is 42.7 Å². The van der Waals surface area contributed by atoms with Crippen LogP contribution in [-0.2, 0) is 14.3 Å². The van der Waals surface area contributed by atoms with Gasteiger partial charge in [-0.1, -0.05) is 20.8 Å². The lowest BCUT2D eigenvalue weighted by molar-refractivity contribution is -0.462. The number of nitrogens with zero attached hydrogens (tertiary/aromatic N) is 1. The van der Waals surface area contributed by atoms with Crippen molar-refractivity contribution in [1.82, 2.24) is 5.32 Å². The number of isocyanates is 1. The van der Waals surface area contributed by atoms with Gasteiger partial charge in [-0.15, -0.1) is 11.6 Å². The lowest BCUT2D eigenvalue weighted by atomic mass is 9.62. The zero-order valence-corrected chi connectivity index (χ0v) is 30.1. The van der Waals surface area contributed by atoms with Gasteiger partial charge in [0.05, 0.1) is 24.6 Å². The van der Waals surface area contributed by atoms with Gasteiger partial charge < -0.3 is 14.8 Å². The fourth-order valence-electron chi connectivity index (χ4n) is 9.36. The molecular weight excluding hydrogens is 835 g/mol. The van der Waals surface area contributed by atoms with Crippen LogP contribution in [0.15, 0.2) is 4.99 Å². The van der Waals surface area contributed by atoms with E-state index >= 15 is 0 Å². The Kier molecular flexibility index (Phi) is 12.0. The number of carbonyl (C=O) groups excluding carboxylic acids is 2. The summed E-state index contributed by atoms with van der Waals surface area (Å²) >= 11 is 6.65. The fraction of sp³-hybridized carbons (Fsp3) is 0.938. The number of fused-ring (bicyclic) bond motifs is 5. The topological polar surface area (TPSA) is 77.0 Å². The number of rotatable bonds is 14. The third kappa shape index (κ3) is 7.55. The molecule has 4 saturated carbocycles. The maximum Gasteiger partial charge on any atom is 0.460 e. The molecule has 0 radical (unpaired) electrons. The van der Waals surface area contributed by atoms with Gasteiger partial charge in [-0.25, -0.2) is 14.6 Å². The molecule has 4 fully saturated rings. The van der Waals surface area contributed by atoms with Gasteiger partial charge in [0, 0.05) is 12.5 Å². The van der Waals surface area contributed by atoms with Gasteiger partial charge in [-0.05, 0) is 73.0 Å². The van der Waals surface area contributed by atoms with E-state index in [2.05, 4.69) is 10.3 Å². The minimum absolute atomic E-state index is 0.0118. The first-order chi connectivity index (χ1) is 25.0. The van der Waals surface area contributed by atoms with E-state index in [4.69, 9.17) is 21.1 Å². The molecule has 9 atom stereocenters. The highest BCUT2D eigenvalue weighted by Gasteiger charge is 2.95. The van der Waals surface area contributed by atoms with Crippen LogP contribution in [0.1, 0.15) is 65.7 Å². The van der Waals surface area contributed by atoms with E-state index in [1.165, 1.54) is 6.08 Å². The molecule has 56 heavy (non-hydrogen) atoms. The quantitative estimate of drug-likeness (QED) is 0.0817. The van der Waals surface area contributed by atoms with Crippen molar-refractivity contribution in [3.63, 3.8) is 0 Å². The van der Waals surface area contributed by atoms with Crippen LogP contribution in [0.4, 0.5) is 79.4 Å². The van der Waals surface area contributed by atoms with Gasteiger partial charge in [0.25, 0.3) is 0 Å². The van der Waals surface area contributed by atoms with Crippen molar-refractivity contribution in [2.75, 3.05) is 13.2 Å². The van der Waals surface area contributed by atoms with Crippen LogP contribution in [0, 0.1) is 34.5 Å². The Hall–Kier alpha value is -2.29. The predicted molar refractivity (Wildman–Crippen MR) is 158 cm³/mol. The molecule has 24 heteroatoms. The maximum atomic E-state index is 14.4. The van der Waals surface area contributed by atoms with Gasteiger partial charge in [0.1, 0.15) is 6.10 Å². The van der Waals surface area contributed by atoms with Gasteiger partial charge in [0.15, 0.2) is 0 Å². The lowest BCUT2D eigenvalue weighted by Gasteiger charge is -2.46. The third-order valence-corrected chi connectivity index (χ3v) is 12.1. The summed E-state index contributed by atoms with van der Waals surface area (Å²) in [6, 6.07) is -0.380. The lowest BCUT2D eigenvalue weighted by Crippen LogP contribution is -2.74. The van der Waals surface area contributed by atoms with E-state index in [1.54, 1.807) is 0 Å². The van der Waals surface area contributed by atoms with Gasteiger partial charge in [-0.2, -0.15) is 74.6 Å². The van der Waals surface area contributed by atoms with E-state index < -0.39 is 102 Å². The standard InChI is InChI=1S/C32H36ClF17N2O4/c1-23(2)9-15(10-24(3,11-23)12-51-13-53)52-22(54)56-19-8-17-16-6-14(20(17)21(19)33)7-18(16)55-5-4-25(34,35)26(36,37)27(38,39)28(40,41)29(42,43)30(44,45)31(46,47)32(48,49)50/h14-21H,4-12H2,1-3H3,(H,52,54)/t14-,15?,16-,17?,18?,19?,20?,21?,24?/m1/s1. The zero-order chi connectivity index (χ0) is 43.1. The first-order valence-electron chi connectivity index (χ1n) is 17.0. The second-order valence-corrected chi connectivity index (χ2v) is 16.9. The molecule has 6 nitrogen and oxygen atoms in total. The molecule has 2 bridgehead atoms. The molecule has 0 aromatic carbocycles. The fourth-order valence-corrected chi connectivity index (χ4v) is 9.91. The number of hydrogen-bond acceptors (Lipinski definition) is 5. The number of amides is 1. The molecule has 4 aliphatic carbocycles. The molecule has 0 spiro atoms. The largest absolute Gasteiger partial charge is 0.460 e. The van der Waals surface area contributed by atoms with Gasteiger partial charge in [0.2, 0.25) is 6.08 Å². The summed E-state index contributed by atoms with van der Waals surface area (Å²) in [6.45, 7) is 4.37. The molecule has 4 aliphatic rings. The minimum atomic E-state index is -8.68. The highest BCUT2D eigenvalue weighted by Crippen LogP contribution is 2.65. The highest BCUT2D eigenvalue weighted by atomic mass is 35.5. The normalized spacial score (nSPS) is 32.9. The van der Waals surface area contributed by atoms with Crippen LogP contribution in [-0.4, -0.2) is 96.6 Å². The number of nitrogens with one attached hydrogen (secondary N) is 1. The first kappa shape index (κ1) is 46.4. The Balaban J connectivity index is 1.37. The molecule has 0 aliphatic heterocycles. The van der Waals surface area contributed by atoms with Crippen LogP contribution in [0.3, 0.4) is 0 Å². The third-order valence-electron chi connectivity index (χ3n) is 11.5. The second kappa shape index (κ2) is 14.5. The zero-order valence-electron chi connectivity index (χ0n) is 29.4. The SMILES string of the molecule is CC1(C)CC(NC(=O)OC2CC3C(C2Cl)[C@H]2CC(OCCC(F)(F)C(F)(F)C(F)(F)C(F)(F)C(F)(F)C(F)(F)C(F)(F)C(F)(F)F)[C@@H]3C2)CC(C)(CN=C=O)C1. The predicted octanol–water partition coefficient (Wildman–Crippen LogP) is 10.1. The molecule has 324 valence electrons. The van der Waals surface area contributed by atoms with E-state index in [9.17, 15) is 84.2 Å². The van der Waals surface area contributed by atoms with E-state index in [0.717, 1.165) is 0 Å². The van der Waals surface area contributed by atoms with Crippen LogP contribution >= 0.6 is 11.6 Å². The summed E-state index contributed by atoms with van der Waals surface area (Å²) in [5.74, 6) is -58.3. The van der Waals surface area contributed by atoms with Crippen molar-refractivity contribution in [1.29, 1.82) is 0 Å². The molecule has 0 aromatic rings. The first-order valence-corrected chi connectivity index (χ1v) is 17.5. The summed E-state index contributed by atoms with van der Waals surface area (Å²) in [5.41, 5.74) is -0.696. The van der Waals surface area contributed by atoms with E-state index in [1.807, 2.05) is 20.8 Å². The molecule has 1 N–H and O–H groups in total.